The Kier molecular flexibility index (Phi) is 5.85. The van der Waals surface area contributed by atoms with Crippen LogP contribution in [-0.2, 0) is 23.2 Å². The summed E-state index contributed by atoms with van der Waals surface area (Å²) in [6.45, 7) is 2.22. The second-order valence-corrected chi connectivity index (χ2v) is 8.74. The molecule has 0 saturated carbocycles. The molecule has 29 heavy (non-hydrogen) atoms. The van der Waals surface area contributed by atoms with E-state index in [0.717, 1.165) is 22.2 Å². The van der Waals surface area contributed by atoms with Crippen LogP contribution in [0, 0.1) is 6.92 Å². The van der Waals surface area contributed by atoms with Crippen molar-refractivity contribution < 1.29 is 8.95 Å². The lowest BCUT2D eigenvalue weighted by molar-refractivity contribution is 0.303. The van der Waals surface area contributed by atoms with E-state index in [2.05, 4.69) is 15.0 Å². The molecule has 2 aromatic heterocycles. The Hall–Kier alpha value is -2.41. The molecule has 148 valence electrons. The van der Waals surface area contributed by atoms with Crippen LogP contribution in [0.15, 0.2) is 59.9 Å². The van der Waals surface area contributed by atoms with Crippen LogP contribution in [0.4, 0.5) is 0 Å². The summed E-state index contributed by atoms with van der Waals surface area (Å²) in [5.74, 6) is 0.916. The van der Waals surface area contributed by atoms with Crippen molar-refractivity contribution in [2.24, 2.45) is 0 Å². The number of para-hydroxylation sites is 2. The highest BCUT2D eigenvalue weighted by molar-refractivity contribution is 7.84. The van der Waals surface area contributed by atoms with Crippen LogP contribution < -0.4 is 4.74 Å². The number of imidazole rings is 1. The molecular formula is C21H17Cl2N3O2S. The molecule has 0 spiro atoms. The van der Waals surface area contributed by atoms with Gasteiger partial charge in [0, 0.05) is 21.8 Å². The van der Waals surface area contributed by atoms with E-state index >= 15 is 0 Å². The van der Waals surface area contributed by atoms with Gasteiger partial charge < -0.3 is 9.72 Å². The number of rotatable bonds is 6. The molecule has 0 aliphatic heterocycles. The van der Waals surface area contributed by atoms with Crippen molar-refractivity contribution in [1.82, 2.24) is 15.0 Å². The summed E-state index contributed by atoms with van der Waals surface area (Å²) in [6.07, 6.45) is 1.65. The van der Waals surface area contributed by atoms with Crippen molar-refractivity contribution in [1.29, 1.82) is 0 Å². The molecule has 1 atom stereocenters. The number of nitrogens with zero attached hydrogens (tertiary/aromatic N) is 2. The van der Waals surface area contributed by atoms with Crippen LogP contribution >= 0.6 is 23.2 Å². The van der Waals surface area contributed by atoms with Crippen molar-refractivity contribution in [3.63, 3.8) is 0 Å². The number of benzene rings is 2. The van der Waals surface area contributed by atoms with Gasteiger partial charge in [-0.15, -0.1) is 0 Å². The average molecular weight is 446 g/mol. The van der Waals surface area contributed by atoms with Crippen molar-refractivity contribution in [3.8, 4) is 5.75 Å². The third kappa shape index (κ3) is 4.61. The molecule has 4 rings (SSSR count). The molecule has 0 fully saturated rings. The van der Waals surface area contributed by atoms with Crippen molar-refractivity contribution in [3.05, 3.63) is 81.6 Å². The summed E-state index contributed by atoms with van der Waals surface area (Å²) in [5.41, 5.74) is 4.05. The summed E-state index contributed by atoms with van der Waals surface area (Å²) in [5, 5.41) is 1.56. The first-order chi connectivity index (χ1) is 14.0. The lowest BCUT2D eigenvalue weighted by Crippen LogP contribution is -2.05. The number of ether oxygens (including phenoxy) is 1. The lowest BCUT2D eigenvalue weighted by Gasteiger charge is -2.12. The lowest BCUT2D eigenvalue weighted by atomic mass is 10.2. The number of H-pyrrole nitrogens is 1. The minimum absolute atomic E-state index is 0.242. The van der Waals surface area contributed by atoms with Crippen LogP contribution in [0.1, 0.15) is 16.8 Å². The highest BCUT2D eigenvalue weighted by atomic mass is 35.5. The Morgan fingerprint density at radius 2 is 1.86 bits per heavy atom. The predicted octanol–water partition coefficient (Wildman–Crippen LogP) is 5.46. The molecule has 1 unspecified atom stereocenters. The quantitative estimate of drug-likeness (QED) is 0.427. The number of aromatic nitrogens is 3. The Bertz CT molecular complexity index is 1160. The molecule has 0 amide bonds. The van der Waals surface area contributed by atoms with Gasteiger partial charge in [0.25, 0.3) is 0 Å². The van der Waals surface area contributed by atoms with Crippen LogP contribution in [0.5, 0.6) is 5.75 Å². The van der Waals surface area contributed by atoms with Crippen molar-refractivity contribution in [2.75, 3.05) is 0 Å². The Morgan fingerprint density at radius 1 is 1.10 bits per heavy atom. The fourth-order valence-corrected chi connectivity index (χ4v) is 4.62. The highest BCUT2D eigenvalue weighted by Crippen LogP contribution is 2.25. The number of hydrogen-bond acceptors (Lipinski definition) is 4. The van der Waals surface area contributed by atoms with E-state index in [1.165, 1.54) is 0 Å². The molecule has 2 aromatic carbocycles. The second-order valence-electron chi connectivity index (χ2n) is 6.50. The third-order valence-corrected chi connectivity index (χ3v) is 6.02. The van der Waals surface area contributed by atoms with Gasteiger partial charge in [-0.3, -0.25) is 9.19 Å². The summed E-state index contributed by atoms with van der Waals surface area (Å²) in [7, 11) is -1.35. The van der Waals surface area contributed by atoms with Gasteiger partial charge in [0.2, 0.25) is 0 Å². The van der Waals surface area contributed by atoms with E-state index in [1.54, 1.807) is 18.3 Å². The molecule has 0 aliphatic carbocycles. The molecular weight excluding hydrogens is 429 g/mol. The van der Waals surface area contributed by atoms with Gasteiger partial charge in [-0.1, -0.05) is 35.3 Å². The fraction of sp³-hybridized carbons (Fsp3) is 0.143. The topological polar surface area (TPSA) is 67.9 Å². The smallest absolute Gasteiger partial charge is 0.197 e. The fourth-order valence-electron chi connectivity index (χ4n) is 2.95. The highest BCUT2D eigenvalue weighted by Gasteiger charge is 2.15. The van der Waals surface area contributed by atoms with E-state index in [0.29, 0.717) is 33.3 Å². The van der Waals surface area contributed by atoms with Gasteiger partial charge in [-0.25, -0.2) is 4.98 Å². The second kappa shape index (κ2) is 8.53. The Morgan fingerprint density at radius 3 is 2.62 bits per heavy atom. The van der Waals surface area contributed by atoms with Crippen molar-refractivity contribution >= 4 is 45.0 Å². The largest absolute Gasteiger partial charge is 0.489 e. The molecule has 0 radical (unpaired) electrons. The molecule has 1 N–H and O–H groups in total. The maximum atomic E-state index is 12.8. The summed E-state index contributed by atoms with van der Waals surface area (Å²) in [4.78, 5) is 11.9. The SMILES string of the molecule is Cc1c(OCc2cc(Cl)cc(Cl)c2)ccnc1CS(=O)c1nc2ccccc2[nH]1. The molecule has 4 aromatic rings. The molecule has 5 nitrogen and oxygen atoms in total. The first-order valence-electron chi connectivity index (χ1n) is 8.85. The number of aromatic amines is 1. The molecule has 0 saturated heterocycles. The standard InChI is InChI=1S/C21H17Cl2N3O2S/c1-13-19(12-29(27)21-25-17-4-2-3-5-18(17)26-21)24-7-6-20(13)28-11-14-8-15(22)10-16(23)9-14/h2-10H,11-12H2,1H3,(H,25,26). The number of halogens is 2. The molecule has 0 bridgehead atoms. The van der Waals surface area contributed by atoms with Gasteiger partial charge >= 0.3 is 0 Å². The van der Waals surface area contributed by atoms with Gasteiger partial charge in [-0.2, -0.15) is 0 Å². The Balaban J connectivity index is 1.50. The number of fused-ring (bicyclic) bond motifs is 1. The maximum Gasteiger partial charge on any atom is 0.197 e. The number of hydrogen-bond donors (Lipinski definition) is 1. The Labute approximate surface area is 180 Å². The van der Waals surface area contributed by atoms with E-state index < -0.39 is 10.8 Å². The summed E-state index contributed by atoms with van der Waals surface area (Å²) < 4.78 is 18.7. The van der Waals surface area contributed by atoms with Crippen LogP contribution in [0.25, 0.3) is 11.0 Å². The van der Waals surface area contributed by atoms with Crippen LogP contribution in [-0.4, -0.2) is 19.2 Å². The predicted molar refractivity (Wildman–Crippen MR) is 116 cm³/mol. The zero-order valence-corrected chi connectivity index (χ0v) is 17.8. The van der Waals surface area contributed by atoms with Gasteiger partial charge in [0.1, 0.15) is 12.4 Å². The zero-order chi connectivity index (χ0) is 20.4. The third-order valence-electron chi connectivity index (χ3n) is 4.43. The van der Waals surface area contributed by atoms with Crippen molar-refractivity contribution in [2.45, 2.75) is 24.4 Å². The monoisotopic (exact) mass is 445 g/mol. The normalized spacial score (nSPS) is 12.2. The van der Waals surface area contributed by atoms with E-state index in [9.17, 15) is 4.21 Å². The van der Waals surface area contributed by atoms with Gasteiger partial charge in [-0.05, 0) is 48.9 Å². The number of nitrogens with one attached hydrogen (secondary N) is 1. The summed E-state index contributed by atoms with van der Waals surface area (Å²) >= 11 is 12.1. The van der Waals surface area contributed by atoms with E-state index in [-0.39, 0.29) is 5.75 Å². The van der Waals surface area contributed by atoms with Crippen LogP contribution in [0.2, 0.25) is 10.0 Å². The number of pyridine rings is 1. The molecule has 0 aliphatic rings. The zero-order valence-electron chi connectivity index (χ0n) is 15.5. The van der Waals surface area contributed by atoms with Crippen LogP contribution in [0.3, 0.4) is 0 Å². The minimum Gasteiger partial charge on any atom is -0.489 e. The molecule has 2 heterocycles. The van der Waals surface area contributed by atoms with E-state index in [1.807, 2.05) is 43.3 Å². The first-order valence-corrected chi connectivity index (χ1v) is 10.9. The van der Waals surface area contributed by atoms with Gasteiger partial charge in [0.05, 0.1) is 33.3 Å². The van der Waals surface area contributed by atoms with Gasteiger partial charge in [0.15, 0.2) is 5.16 Å². The average Bonchev–Trinajstić information content (AvgIpc) is 3.12. The summed E-state index contributed by atoms with van der Waals surface area (Å²) in [6, 6.07) is 14.7. The first kappa shape index (κ1) is 19.9. The minimum atomic E-state index is -1.35. The maximum absolute atomic E-state index is 12.8. The van der Waals surface area contributed by atoms with E-state index in [4.69, 9.17) is 27.9 Å². The molecule has 8 heteroatoms.